The average molecular weight is 238 g/mol. The van der Waals surface area contributed by atoms with Crippen molar-refractivity contribution in [2.24, 2.45) is 11.8 Å². The third-order valence-corrected chi connectivity index (χ3v) is 3.37. The lowest BCUT2D eigenvalue weighted by molar-refractivity contribution is -0.123. The van der Waals surface area contributed by atoms with Crippen molar-refractivity contribution in [2.75, 3.05) is 6.54 Å². The van der Waals surface area contributed by atoms with Crippen molar-refractivity contribution in [1.29, 1.82) is 5.26 Å². The second-order valence-electron chi connectivity index (χ2n) is 4.90. The molecule has 0 spiro atoms. The highest BCUT2D eigenvalue weighted by atomic mass is 16.3. The van der Waals surface area contributed by atoms with Gasteiger partial charge in [0.15, 0.2) is 0 Å². The standard InChI is InChI=1S/C13H22N2O2/c1-2-4-11(8-14)13(17)15-9-10-5-3-6-12(16)7-10/h10-12,16H,2-7,9H2,1H3,(H,15,17). The molecule has 3 atom stereocenters. The van der Waals surface area contributed by atoms with Crippen molar-refractivity contribution in [3.05, 3.63) is 0 Å². The molecule has 1 aliphatic rings. The smallest absolute Gasteiger partial charge is 0.237 e. The third-order valence-electron chi connectivity index (χ3n) is 3.37. The fourth-order valence-electron chi connectivity index (χ4n) is 2.36. The summed E-state index contributed by atoms with van der Waals surface area (Å²) in [5, 5.41) is 21.2. The maximum absolute atomic E-state index is 11.7. The Morgan fingerprint density at radius 1 is 1.59 bits per heavy atom. The molecule has 4 nitrogen and oxygen atoms in total. The Bertz CT molecular complexity index is 286. The molecule has 2 N–H and O–H groups in total. The lowest BCUT2D eigenvalue weighted by atomic mass is 9.87. The molecule has 17 heavy (non-hydrogen) atoms. The molecule has 0 saturated heterocycles. The van der Waals surface area contributed by atoms with Crippen LogP contribution in [0.4, 0.5) is 0 Å². The van der Waals surface area contributed by atoms with Crippen LogP contribution in [0.1, 0.15) is 45.4 Å². The van der Waals surface area contributed by atoms with Gasteiger partial charge in [0.05, 0.1) is 12.2 Å². The molecule has 1 amide bonds. The highest BCUT2D eigenvalue weighted by molar-refractivity contribution is 5.80. The van der Waals surface area contributed by atoms with Gasteiger partial charge in [-0.15, -0.1) is 0 Å². The zero-order valence-electron chi connectivity index (χ0n) is 10.5. The third kappa shape index (κ3) is 4.74. The van der Waals surface area contributed by atoms with Crippen LogP contribution < -0.4 is 5.32 Å². The number of hydrogen-bond acceptors (Lipinski definition) is 3. The summed E-state index contributed by atoms with van der Waals surface area (Å²) in [7, 11) is 0. The summed E-state index contributed by atoms with van der Waals surface area (Å²) < 4.78 is 0. The molecular formula is C13H22N2O2. The van der Waals surface area contributed by atoms with Gasteiger partial charge in [-0.3, -0.25) is 4.79 Å². The molecule has 96 valence electrons. The fourth-order valence-corrected chi connectivity index (χ4v) is 2.36. The first-order valence-electron chi connectivity index (χ1n) is 6.52. The number of carbonyl (C=O) groups excluding carboxylic acids is 1. The summed E-state index contributed by atoms with van der Waals surface area (Å²) in [5.41, 5.74) is 0. The Morgan fingerprint density at radius 3 is 2.94 bits per heavy atom. The first-order chi connectivity index (χ1) is 8.17. The van der Waals surface area contributed by atoms with E-state index in [1.807, 2.05) is 13.0 Å². The predicted molar refractivity (Wildman–Crippen MR) is 65.0 cm³/mol. The van der Waals surface area contributed by atoms with Gasteiger partial charge in [0.2, 0.25) is 5.91 Å². The number of aliphatic hydroxyl groups is 1. The molecule has 0 bridgehead atoms. The normalized spacial score (nSPS) is 25.9. The number of nitrogens with one attached hydrogen (secondary N) is 1. The van der Waals surface area contributed by atoms with E-state index in [2.05, 4.69) is 5.32 Å². The molecule has 1 rings (SSSR count). The molecule has 1 aliphatic carbocycles. The Morgan fingerprint density at radius 2 is 2.35 bits per heavy atom. The van der Waals surface area contributed by atoms with Crippen LogP contribution in [0.5, 0.6) is 0 Å². The molecule has 4 heteroatoms. The Hall–Kier alpha value is -1.08. The minimum Gasteiger partial charge on any atom is -0.393 e. The van der Waals surface area contributed by atoms with E-state index < -0.39 is 5.92 Å². The Labute approximate surface area is 103 Å². The molecule has 0 aromatic rings. The second-order valence-corrected chi connectivity index (χ2v) is 4.90. The van der Waals surface area contributed by atoms with Gasteiger partial charge in [-0.2, -0.15) is 5.26 Å². The Balaban J connectivity index is 2.29. The van der Waals surface area contributed by atoms with Crippen LogP contribution in [0, 0.1) is 23.2 Å². The van der Waals surface area contributed by atoms with Crippen molar-refractivity contribution in [3.8, 4) is 6.07 Å². The fraction of sp³-hybridized carbons (Fsp3) is 0.846. The number of aliphatic hydroxyl groups excluding tert-OH is 1. The molecule has 1 fully saturated rings. The van der Waals surface area contributed by atoms with E-state index in [0.29, 0.717) is 18.9 Å². The zero-order chi connectivity index (χ0) is 12.7. The van der Waals surface area contributed by atoms with Gasteiger partial charge in [0.25, 0.3) is 0 Å². The lowest BCUT2D eigenvalue weighted by Crippen LogP contribution is -2.36. The lowest BCUT2D eigenvalue weighted by Gasteiger charge is -2.26. The Kier molecular flexibility index (Phi) is 5.99. The maximum Gasteiger partial charge on any atom is 0.237 e. The average Bonchev–Trinajstić information content (AvgIpc) is 2.33. The van der Waals surface area contributed by atoms with Gasteiger partial charge >= 0.3 is 0 Å². The van der Waals surface area contributed by atoms with Crippen molar-refractivity contribution >= 4 is 5.91 Å². The van der Waals surface area contributed by atoms with Crippen LogP contribution in [-0.2, 0) is 4.79 Å². The molecule has 0 heterocycles. The van der Waals surface area contributed by atoms with E-state index in [0.717, 1.165) is 32.1 Å². The minimum absolute atomic E-state index is 0.158. The molecular weight excluding hydrogens is 216 g/mol. The van der Waals surface area contributed by atoms with Crippen molar-refractivity contribution in [2.45, 2.75) is 51.6 Å². The van der Waals surface area contributed by atoms with Crippen LogP contribution in [0.15, 0.2) is 0 Å². The summed E-state index contributed by atoms with van der Waals surface area (Å²) in [5.74, 6) is -0.313. The van der Waals surface area contributed by atoms with E-state index in [-0.39, 0.29) is 12.0 Å². The monoisotopic (exact) mass is 238 g/mol. The van der Waals surface area contributed by atoms with Crippen molar-refractivity contribution in [1.82, 2.24) is 5.32 Å². The summed E-state index contributed by atoms with van der Waals surface area (Å²) >= 11 is 0. The molecule has 0 aliphatic heterocycles. The predicted octanol–water partition coefficient (Wildman–Crippen LogP) is 1.59. The van der Waals surface area contributed by atoms with Gasteiger partial charge in [0.1, 0.15) is 5.92 Å². The van der Waals surface area contributed by atoms with Crippen LogP contribution in [0.25, 0.3) is 0 Å². The van der Waals surface area contributed by atoms with Crippen LogP contribution in [-0.4, -0.2) is 23.7 Å². The van der Waals surface area contributed by atoms with Gasteiger partial charge < -0.3 is 10.4 Å². The molecule has 0 aromatic carbocycles. The number of nitriles is 1. The van der Waals surface area contributed by atoms with E-state index in [1.54, 1.807) is 0 Å². The highest BCUT2D eigenvalue weighted by Gasteiger charge is 2.22. The summed E-state index contributed by atoms with van der Waals surface area (Å²) in [6, 6.07) is 2.04. The molecule has 1 saturated carbocycles. The van der Waals surface area contributed by atoms with Crippen LogP contribution >= 0.6 is 0 Å². The number of nitrogens with zero attached hydrogens (tertiary/aromatic N) is 1. The first kappa shape index (κ1) is 14.0. The number of hydrogen-bond donors (Lipinski definition) is 2. The van der Waals surface area contributed by atoms with Crippen molar-refractivity contribution < 1.29 is 9.90 Å². The van der Waals surface area contributed by atoms with Crippen LogP contribution in [0.2, 0.25) is 0 Å². The van der Waals surface area contributed by atoms with Gasteiger partial charge in [0, 0.05) is 6.54 Å². The number of carbonyl (C=O) groups is 1. The van der Waals surface area contributed by atoms with E-state index in [4.69, 9.17) is 5.26 Å². The highest BCUT2D eigenvalue weighted by Crippen LogP contribution is 2.23. The zero-order valence-corrected chi connectivity index (χ0v) is 10.5. The van der Waals surface area contributed by atoms with E-state index >= 15 is 0 Å². The summed E-state index contributed by atoms with van der Waals surface area (Å²) in [4.78, 5) is 11.7. The van der Waals surface area contributed by atoms with E-state index in [9.17, 15) is 9.90 Å². The largest absolute Gasteiger partial charge is 0.393 e. The van der Waals surface area contributed by atoms with Gasteiger partial charge in [-0.1, -0.05) is 19.8 Å². The molecule has 3 unspecified atom stereocenters. The van der Waals surface area contributed by atoms with Crippen molar-refractivity contribution in [3.63, 3.8) is 0 Å². The quantitative estimate of drug-likeness (QED) is 0.764. The summed E-state index contributed by atoms with van der Waals surface area (Å²) in [6.45, 7) is 2.56. The molecule has 0 aromatic heterocycles. The number of rotatable bonds is 5. The van der Waals surface area contributed by atoms with E-state index in [1.165, 1.54) is 0 Å². The first-order valence-corrected chi connectivity index (χ1v) is 6.52. The second kappa shape index (κ2) is 7.29. The maximum atomic E-state index is 11.7. The minimum atomic E-state index is -0.520. The molecule has 0 radical (unpaired) electrons. The number of amides is 1. The summed E-state index contributed by atoms with van der Waals surface area (Å²) in [6.07, 6.45) is 4.98. The topological polar surface area (TPSA) is 73.1 Å². The van der Waals surface area contributed by atoms with Gasteiger partial charge in [-0.25, -0.2) is 0 Å². The SMILES string of the molecule is CCCC(C#N)C(=O)NCC1CCCC(O)C1. The van der Waals surface area contributed by atoms with Crippen LogP contribution in [0.3, 0.4) is 0 Å². The van der Waals surface area contributed by atoms with Gasteiger partial charge in [-0.05, 0) is 31.6 Å².